The highest BCUT2D eigenvalue weighted by molar-refractivity contribution is 6.25. The average Bonchev–Trinajstić information content (AvgIpc) is 1.81. The SMILES string of the molecule is CC1(C)c2ccccc2-c2cc3c4cccnc4n(-c4ccc5c(c4)oc4ccccc45)c3c3cccc1c23.CN(c1ccccc1)c1ccc(-n2c3cnccc3c3cc4c5c(cccc5c32)C(C)(C)c2ccccc2-4)cc1-c1ccccc1. The summed E-state index contributed by atoms with van der Waals surface area (Å²) < 4.78 is 11.1. The van der Waals surface area contributed by atoms with Crippen LogP contribution in [0, 0.1) is 0 Å². The number of aromatic nitrogens is 4. The van der Waals surface area contributed by atoms with Crippen LogP contribution in [0.3, 0.4) is 0 Å². The second kappa shape index (κ2) is 18.2. The number of fused-ring (bicyclic) bond motifs is 15. The molecule has 5 heterocycles. The average molecular weight is 1090 g/mol. The zero-order valence-electron chi connectivity index (χ0n) is 47.9. The summed E-state index contributed by atoms with van der Waals surface area (Å²) in [6.07, 6.45) is 5.83. The lowest BCUT2D eigenvalue weighted by Crippen LogP contribution is -2.23. The van der Waals surface area contributed by atoms with Gasteiger partial charge in [0.2, 0.25) is 0 Å². The zero-order chi connectivity index (χ0) is 56.9. The molecule has 0 N–H and O–H groups in total. The number of benzene rings is 11. The Morgan fingerprint density at radius 2 is 0.941 bits per heavy atom. The fraction of sp³-hybridized carbons (Fsp3) is 0.0886. The summed E-state index contributed by atoms with van der Waals surface area (Å²) in [6.45, 7) is 9.42. The number of rotatable bonds is 5. The minimum Gasteiger partial charge on any atom is -0.456 e. The maximum atomic E-state index is 6.30. The molecule has 0 spiro atoms. The van der Waals surface area contributed by atoms with E-state index in [4.69, 9.17) is 9.40 Å². The molecule has 0 radical (unpaired) electrons. The Balaban J connectivity index is 0.000000135. The lowest BCUT2D eigenvalue weighted by Gasteiger charge is -2.35. The number of nitrogens with zero attached hydrogens (tertiary/aromatic N) is 5. The van der Waals surface area contributed by atoms with Gasteiger partial charge in [-0.05, 0) is 140 Å². The summed E-state index contributed by atoms with van der Waals surface area (Å²) in [5.74, 6) is 0. The Morgan fingerprint density at radius 3 is 1.65 bits per heavy atom. The van der Waals surface area contributed by atoms with Crippen molar-refractivity contribution in [1.29, 1.82) is 0 Å². The van der Waals surface area contributed by atoms with Crippen LogP contribution in [-0.4, -0.2) is 26.1 Å². The van der Waals surface area contributed by atoms with E-state index in [1.807, 2.05) is 36.8 Å². The molecule has 2 aliphatic carbocycles. The van der Waals surface area contributed by atoms with E-state index in [2.05, 4.69) is 272 Å². The van der Waals surface area contributed by atoms with E-state index in [0.717, 1.165) is 61.2 Å². The molecule has 0 saturated carbocycles. The van der Waals surface area contributed by atoms with Crippen molar-refractivity contribution in [2.45, 2.75) is 38.5 Å². The number of furan rings is 1. The third kappa shape index (κ3) is 7.06. The van der Waals surface area contributed by atoms with Gasteiger partial charge < -0.3 is 13.9 Å². The quantitative estimate of drug-likeness (QED) is 0.172. The fourth-order valence-corrected chi connectivity index (χ4v) is 14.9. The molecule has 2 aliphatic rings. The highest BCUT2D eigenvalue weighted by Gasteiger charge is 2.36. The van der Waals surface area contributed by atoms with Crippen molar-refractivity contribution in [3.05, 3.63) is 277 Å². The summed E-state index contributed by atoms with van der Waals surface area (Å²) in [5, 5.41) is 12.3. The molecule has 6 nitrogen and oxygen atoms in total. The molecule has 0 saturated heterocycles. The first-order valence-electron chi connectivity index (χ1n) is 29.4. The largest absolute Gasteiger partial charge is 0.456 e. The van der Waals surface area contributed by atoms with Crippen molar-refractivity contribution in [3.8, 4) is 44.8 Å². The first-order chi connectivity index (χ1) is 41.6. The molecule has 0 unspecified atom stereocenters. The van der Waals surface area contributed by atoms with Crippen LogP contribution in [0.15, 0.2) is 260 Å². The van der Waals surface area contributed by atoms with E-state index in [1.165, 1.54) is 104 Å². The van der Waals surface area contributed by atoms with Gasteiger partial charge in [0, 0.05) is 102 Å². The van der Waals surface area contributed by atoms with E-state index in [-0.39, 0.29) is 10.8 Å². The molecule has 85 heavy (non-hydrogen) atoms. The van der Waals surface area contributed by atoms with Crippen molar-refractivity contribution in [3.63, 3.8) is 0 Å². The molecule has 16 aromatic rings. The van der Waals surface area contributed by atoms with Crippen LogP contribution >= 0.6 is 0 Å². The Morgan fingerprint density at radius 1 is 0.388 bits per heavy atom. The van der Waals surface area contributed by atoms with Crippen LogP contribution in [-0.2, 0) is 10.8 Å². The van der Waals surface area contributed by atoms with Gasteiger partial charge in [-0.2, -0.15) is 0 Å². The van der Waals surface area contributed by atoms with Crippen molar-refractivity contribution >= 4 is 98.6 Å². The number of hydrogen-bond acceptors (Lipinski definition) is 4. The normalized spacial score (nSPS) is 13.7. The van der Waals surface area contributed by atoms with Gasteiger partial charge in [-0.15, -0.1) is 0 Å². The number of hydrogen-bond donors (Lipinski definition) is 0. The van der Waals surface area contributed by atoms with Crippen LogP contribution in [0.1, 0.15) is 49.9 Å². The van der Waals surface area contributed by atoms with Crippen LogP contribution in [0.4, 0.5) is 11.4 Å². The highest BCUT2D eigenvalue weighted by atomic mass is 16.3. The number of pyridine rings is 2. The lowest BCUT2D eigenvalue weighted by molar-refractivity contribution is 0.645. The van der Waals surface area contributed by atoms with Crippen LogP contribution in [0.25, 0.3) is 132 Å². The van der Waals surface area contributed by atoms with E-state index in [9.17, 15) is 0 Å². The first kappa shape index (κ1) is 49.1. The molecule has 0 amide bonds. The van der Waals surface area contributed by atoms with Crippen molar-refractivity contribution in [1.82, 2.24) is 19.1 Å². The predicted molar refractivity (Wildman–Crippen MR) is 355 cm³/mol. The summed E-state index contributed by atoms with van der Waals surface area (Å²) in [6, 6.07) is 85.7. The van der Waals surface area contributed by atoms with Gasteiger partial charge in [0.25, 0.3) is 0 Å². The third-order valence-corrected chi connectivity index (χ3v) is 18.9. The van der Waals surface area contributed by atoms with Gasteiger partial charge in [-0.3, -0.25) is 9.55 Å². The van der Waals surface area contributed by atoms with E-state index in [0.29, 0.717) is 0 Å². The van der Waals surface area contributed by atoms with Crippen molar-refractivity contribution in [2.24, 2.45) is 0 Å². The molecular weight excluding hydrogens is 1030 g/mol. The fourth-order valence-electron chi connectivity index (χ4n) is 14.9. The van der Waals surface area contributed by atoms with Crippen LogP contribution in [0.5, 0.6) is 0 Å². The Hall–Kier alpha value is -10.6. The molecule has 404 valence electrons. The lowest BCUT2D eigenvalue weighted by atomic mass is 9.68. The van der Waals surface area contributed by atoms with Crippen LogP contribution < -0.4 is 4.90 Å². The molecule has 0 bridgehead atoms. The molecule has 0 atom stereocenters. The molecule has 0 fully saturated rings. The second-order valence-electron chi connectivity index (χ2n) is 24.1. The van der Waals surface area contributed by atoms with E-state index in [1.54, 1.807) is 0 Å². The molecule has 11 aromatic carbocycles. The standard InChI is InChI=1S/C43H33N3.C36H24N2O/c1-43(2)37-19-11-10-17-31(37)35-26-36-32-23-24-44-27-40(32)46(42(36)33-18-12-20-38(43)41(33)35)30-21-22-39(45(3)29-15-8-5-9-16-29)34(25-30)28-13-6-4-7-14-28;1-36(2)29-13-5-3-9-22(29)27-20-28-25-12-8-18-37-35(25)38(34(28)26-11-7-14-30(36)33(26)27)21-16-17-24-23-10-4-6-15-31(23)39-32(24)19-21/h4-27H,1-3H3;3-20H,1-2H3. The highest BCUT2D eigenvalue weighted by Crippen LogP contribution is 2.54. The monoisotopic (exact) mass is 1090 g/mol. The zero-order valence-corrected chi connectivity index (χ0v) is 47.9. The maximum Gasteiger partial charge on any atom is 0.145 e. The minimum atomic E-state index is -0.112. The van der Waals surface area contributed by atoms with Crippen LogP contribution in [0.2, 0.25) is 0 Å². The number of anilines is 2. The summed E-state index contributed by atoms with van der Waals surface area (Å²) in [4.78, 5) is 11.8. The summed E-state index contributed by atoms with van der Waals surface area (Å²) >= 11 is 0. The Labute approximate surface area is 492 Å². The second-order valence-corrected chi connectivity index (χ2v) is 24.1. The molecular formula is C79H57N5O. The number of para-hydroxylation sites is 2. The Bertz CT molecular complexity index is 5450. The van der Waals surface area contributed by atoms with E-state index >= 15 is 0 Å². The topological polar surface area (TPSA) is 52.0 Å². The third-order valence-electron chi connectivity index (χ3n) is 18.9. The maximum absolute atomic E-state index is 6.30. The van der Waals surface area contributed by atoms with Gasteiger partial charge in [-0.25, -0.2) is 4.98 Å². The van der Waals surface area contributed by atoms with Gasteiger partial charge in [0.05, 0.1) is 28.4 Å². The van der Waals surface area contributed by atoms with E-state index < -0.39 is 0 Å². The summed E-state index contributed by atoms with van der Waals surface area (Å²) in [7, 11) is 2.15. The molecule has 18 rings (SSSR count). The van der Waals surface area contributed by atoms with Gasteiger partial charge in [0.15, 0.2) is 0 Å². The smallest absolute Gasteiger partial charge is 0.145 e. The first-order valence-corrected chi connectivity index (χ1v) is 29.4. The molecule has 0 aliphatic heterocycles. The predicted octanol–water partition coefficient (Wildman–Crippen LogP) is 20.6. The van der Waals surface area contributed by atoms with Gasteiger partial charge in [0.1, 0.15) is 16.8 Å². The van der Waals surface area contributed by atoms with Crippen molar-refractivity contribution in [2.75, 3.05) is 11.9 Å². The van der Waals surface area contributed by atoms with Crippen molar-refractivity contribution < 1.29 is 4.42 Å². The van der Waals surface area contributed by atoms with Gasteiger partial charge >= 0.3 is 0 Å². The Kier molecular flexibility index (Phi) is 10.5. The van der Waals surface area contributed by atoms with Gasteiger partial charge in [-0.1, -0.05) is 179 Å². The molecule has 6 heteroatoms. The molecule has 5 aromatic heterocycles. The minimum absolute atomic E-state index is 0.0982. The summed E-state index contributed by atoms with van der Waals surface area (Å²) in [5.41, 5.74) is 23.7.